The Bertz CT molecular complexity index is 1030. The van der Waals surface area contributed by atoms with Crippen LogP contribution >= 0.6 is 0 Å². The van der Waals surface area contributed by atoms with Crippen molar-refractivity contribution in [1.82, 2.24) is 14.9 Å². The summed E-state index contributed by atoms with van der Waals surface area (Å²) in [6.45, 7) is 3.72. The molecule has 3 atom stereocenters. The van der Waals surface area contributed by atoms with Crippen LogP contribution in [0.2, 0.25) is 0 Å². The number of ether oxygens (including phenoxy) is 2. The van der Waals surface area contributed by atoms with Crippen molar-refractivity contribution in [3.8, 4) is 0 Å². The van der Waals surface area contributed by atoms with Crippen LogP contribution in [0.5, 0.6) is 0 Å². The molecule has 8 nitrogen and oxygen atoms in total. The molecule has 2 aromatic rings. The second-order valence-electron chi connectivity index (χ2n) is 10.1. The molecule has 5 heterocycles. The average Bonchev–Trinajstić information content (AvgIpc) is 3.37. The van der Waals surface area contributed by atoms with E-state index in [1.807, 2.05) is 17.0 Å². The molecular formula is C28H38N4O4. The fraction of sp³-hybridized carbons (Fsp3) is 0.607. The number of likely N-dealkylation sites (tertiary alicyclic amines) is 1. The monoisotopic (exact) mass is 494 g/mol. The molecule has 0 amide bonds. The Hall–Kier alpha value is -2.55. The van der Waals surface area contributed by atoms with E-state index in [0.29, 0.717) is 26.3 Å². The number of rotatable bonds is 10. The lowest BCUT2D eigenvalue weighted by atomic mass is 9.97. The van der Waals surface area contributed by atoms with Crippen LogP contribution in [-0.2, 0) is 27.1 Å². The smallest absolute Gasteiger partial charge is 0.325 e. The molecular weight excluding hydrogens is 456 g/mol. The lowest BCUT2D eigenvalue weighted by Gasteiger charge is -2.29. The van der Waals surface area contributed by atoms with Crippen molar-refractivity contribution in [3.63, 3.8) is 0 Å². The summed E-state index contributed by atoms with van der Waals surface area (Å²) >= 11 is 0. The number of pyridine rings is 2. The third-order valence-corrected chi connectivity index (χ3v) is 7.56. The van der Waals surface area contributed by atoms with Gasteiger partial charge >= 0.3 is 5.97 Å². The molecule has 0 spiro atoms. The molecule has 36 heavy (non-hydrogen) atoms. The summed E-state index contributed by atoms with van der Waals surface area (Å²) in [5.41, 5.74) is 3.99. The minimum atomic E-state index is -0.840. The molecule has 2 N–H and O–H groups in total. The van der Waals surface area contributed by atoms with Crippen molar-refractivity contribution in [2.24, 2.45) is 0 Å². The lowest BCUT2D eigenvalue weighted by Crippen LogP contribution is -2.35. The number of fused-ring (bicyclic) bond motifs is 1. The van der Waals surface area contributed by atoms with Crippen LogP contribution < -0.4 is 5.32 Å². The number of aryl methyl sites for hydroxylation is 2. The van der Waals surface area contributed by atoms with E-state index in [9.17, 15) is 9.90 Å². The van der Waals surface area contributed by atoms with Gasteiger partial charge in [-0.1, -0.05) is 12.1 Å². The molecule has 1 unspecified atom stereocenters. The van der Waals surface area contributed by atoms with E-state index < -0.39 is 12.0 Å². The minimum absolute atomic E-state index is 0.0592. The van der Waals surface area contributed by atoms with Crippen LogP contribution in [0.25, 0.3) is 0 Å². The first-order valence-electron chi connectivity index (χ1n) is 13.6. The van der Waals surface area contributed by atoms with Crippen molar-refractivity contribution < 1.29 is 19.4 Å². The summed E-state index contributed by atoms with van der Waals surface area (Å²) in [6, 6.07) is 7.36. The van der Waals surface area contributed by atoms with Gasteiger partial charge in [0.05, 0.1) is 17.9 Å². The first kappa shape index (κ1) is 25.1. The molecule has 194 valence electrons. The van der Waals surface area contributed by atoms with Gasteiger partial charge in [-0.15, -0.1) is 0 Å². The molecule has 3 aliphatic rings. The molecule has 0 saturated carbocycles. The Morgan fingerprint density at radius 2 is 2.17 bits per heavy atom. The highest BCUT2D eigenvalue weighted by atomic mass is 16.5. The fourth-order valence-electron chi connectivity index (χ4n) is 5.66. The van der Waals surface area contributed by atoms with Gasteiger partial charge in [0.1, 0.15) is 11.9 Å². The summed E-state index contributed by atoms with van der Waals surface area (Å²) in [5, 5.41) is 13.6. The summed E-state index contributed by atoms with van der Waals surface area (Å²) in [4.78, 5) is 23.8. The summed E-state index contributed by atoms with van der Waals surface area (Å²) in [6.07, 6.45) is 10.8. The number of hydrogen-bond donors (Lipinski definition) is 2. The number of unbranched alkanes of at least 4 members (excludes halogenated alkanes) is 1. The topological polar surface area (TPSA) is 96.8 Å². The third kappa shape index (κ3) is 6.05. The van der Waals surface area contributed by atoms with Crippen molar-refractivity contribution in [1.29, 1.82) is 0 Å². The van der Waals surface area contributed by atoms with Crippen LogP contribution in [-0.4, -0.2) is 64.9 Å². The number of anilines is 1. The Morgan fingerprint density at radius 3 is 3.03 bits per heavy atom. The molecule has 0 aromatic carbocycles. The molecule has 2 aromatic heterocycles. The number of nitrogens with zero attached hydrogens (tertiary/aromatic N) is 3. The van der Waals surface area contributed by atoms with Crippen molar-refractivity contribution in [3.05, 3.63) is 53.0 Å². The normalized spacial score (nSPS) is 23.1. The van der Waals surface area contributed by atoms with Gasteiger partial charge in [0.2, 0.25) is 0 Å². The lowest BCUT2D eigenvalue weighted by molar-refractivity contribution is -0.143. The molecule has 8 heteroatoms. The zero-order chi connectivity index (χ0) is 24.7. The van der Waals surface area contributed by atoms with Crippen LogP contribution in [0, 0.1) is 0 Å². The van der Waals surface area contributed by atoms with Crippen molar-refractivity contribution in [2.75, 3.05) is 38.2 Å². The molecule has 0 bridgehead atoms. The predicted molar refractivity (Wildman–Crippen MR) is 137 cm³/mol. The average molecular weight is 495 g/mol. The van der Waals surface area contributed by atoms with Gasteiger partial charge in [0.15, 0.2) is 0 Å². The van der Waals surface area contributed by atoms with Crippen LogP contribution in [0.15, 0.2) is 30.5 Å². The van der Waals surface area contributed by atoms with E-state index in [1.165, 1.54) is 12.0 Å². The van der Waals surface area contributed by atoms with Crippen molar-refractivity contribution >= 4 is 11.8 Å². The van der Waals surface area contributed by atoms with E-state index in [0.717, 1.165) is 80.7 Å². The molecule has 2 fully saturated rings. The zero-order valence-electron chi connectivity index (χ0n) is 21.0. The van der Waals surface area contributed by atoms with E-state index >= 15 is 0 Å². The SMILES string of the molecule is O=C(O)[C@@H](c1cccnc1C1CCCCO1)N1CC[C@@H](OCCCCc2ccc3c(n2)NCCC3)C1. The number of aliphatic carboxylic acids is 1. The van der Waals surface area contributed by atoms with E-state index in [2.05, 4.69) is 22.4 Å². The number of carbonyl (C=O) groups is 1. The number of carboxylic acids is 1. The quantitative estimate of drug-likeness (QED) is 0.472. The van der Waals surface area contributed by atoms with Crippen LogP contribution in [0.1, 0.15) is 79.6 Å². The third-order valence-electron chi connectivity index (χ3n) is 7.56. The van der Waals surface area contributed by atoms with Gasteiger partial charge in [0.25, 0.3) is 0 Å². The molecule has 0 aliphatic carbocycles. The number of carboxylic acid groups (broad SMARTS) is 1. The molecule has 5 rings (SSSR count). The number of hydrogen-bond acceptors (Lipinski definition) is 7. The van der Waals surface area contributed by atoms with Gasteiger partial charge in [-0.3, -0.25) is 14.7 Å². The maximum Gasteiger partial charge on any atom is 0.325 e. The number of aromatic nitrogens is 2. The molecule has 2 saturated heterocycles. The Kier molecular flexibility index (Phi) is 8.46. The standard InChI is InChI=1S/C28H38N4O4/c33-28(34)26(23-9-6-14-29-25(23)24-10-2-4-18-36-24)32-16-13-22(19-32)35-17-3-1-8-21-12-11-20-7-5-15-30-27(20)31-21/h6,9,11-12,14,22,24,26H,1-5,7-8,10,13,15-19H2,(H,30,31)(H,33,34)/t22-,24?,26-/m1/s1. The van der Waals surface area contributed by atoms with Gasteiger partial charge in [0, 0.05) is 50.3 Å². The zero-order valence-corrected chi connectivity index (χ0v) is 21.0. The van der Waals surface area contributed by atoms with Crippen LogP contribution in [0.4, 0.5) is 5.82 Å². The summed E-state index contributed by atoms with van der Waals surface area (Å²) in [7, 11) is 0. The first-order valence-corrected chi connectivity index (χ1v) is 13.6. The predicted octanol–water partition coefficient (Wildman–Crippen LogP) is 4.32. The van der Waals surface area contributed by atoms with Gasteiger partial charge in [-0.05, 0) is 75.5 Å². The van der Waals surface area contributed by atoms with E-state index in [1.54, 1.807) is 6.20 Å². The van der Waals surface area contributed by atoms with Crippen molar-refractivity contribution in [2.45, 2.75) is 76.0 Å². The summed E-state index contributed by atoms with van der Waals surface area (Å²) in [5.74, 6) is 0.216. The fourth-order valence-corrected chi connectivity index (χ4v) is 5.66. The van der Waals surface area contributed by atoms with Gasteiger partial charge in [-0.2, -0.15) is 0 Å². The van der Waals surface area contributed by atoms with E-state index in [-0.39, 0.29) is 12.2 Å². The van der Waals surface area contributed by atoms with Crippen LogP contribution in [0.3, 0.4) is 0 Å². The summed E-state index contributed by atoms with van der Waals surface area (Å²) < 4.78 is 12.1. The Labute approximate surface area is 213 Å². The number of nitrogens with one attached hydrogen (secondary N) is 1. The largest absolute Gasteiger partial charge is 0.480 e. The second kappa shape index (κ2) is 12.1. The highest BCUT2D eigenvalue weighted by Crippen LogP contribution is 2.35. The second-order valence-corrected chi connectivity index (χ2v) is 10.1. The highest BCUT2D eigenvalue weighted by molar-refractivity contribution is 5.76. The Morgan fingerprint density at radius 1 is 1.22 bits per heavy atom. The molecule has 0 radical (unpaired) electrons. The highest BCUT2D eigenvalue weighted by Gasteiger charge is 2.37. The molecule has 3 aliphatic heterocycles. The first-order chi connectivity index (χ1) is 17.7. The Balaban J connectivity index is 1.11. The van der Waals surface area contributed by atoms with Gasteiger partial charge < -0.3 is 19.9 Å². The maximum atomic E-state index is 12.4. The maximum absolute atomic E-state index is 12.4. The van der Waals surface area contributed by atoms with E-state index in [4.69, 9.17) is 14.5 Å². The minimum Gasteiger partial charge on any atom is -0.480 e. The van der Waals surface area contributed by atoms with Gasteiger partial charge in [-0.25, -0.2) is 4.98 Å².